The van der Waals surface area contributed by atoms with Crippen LogP contribution >= 0.6 is 11.6 Å². The van der Waals surface area contributed by atoms with E-state index in [9.17, 15) is 13.6 Å². The number of fused-ring (bicyclic) bond motifs is 1. The lowest BCUT2D eigenvalue weighted by atomic mass is 9.98. The van der Waals surface area contributed by atoms with Crippen LogP contribution in [0.25, 0.3) is 11.6 Å². The van der Waals surface area contributed by atoms with Gasteiger partial charge in [0.2, 0.25) is 11.7 Å². The minimum absolute atomic E-state index is 0.0957. The van der Waals surface area contributed by atoms with Gasteiger partial charge in [0.1, 0.15) is 0 Å². The highest BCUT2D eigenvalue weighted by molar-refractivity contribution is 6.17. The zero-order chi connectivity index (χ0) is 25.5. The number of carbonyl (C=O) groups excluding carboxylic acids is 1. The number of aromatic nitrogens is 4. The number of rotatable bonds is 10. The molecule has 0 aliphatic carbocycles. The molecular weight excluding hydrogens is 490 g/mol. The number of nitrogens with one attached hydrogen (secondary N) is 1. The first-order chi connectivity index (χ1) is 17.5. The molecule has 0 saturated heterocycles. The van der Waals surface area contributed by atoms with E-state index < -0.39 is 11.6 Å². The van der Waals surface area contributed by atoms with Crippen LogP contribution in [0.4, 0.5) is 14.5 Å². The van der Waals surface area contributed by atoms with Crippen molar-refractivity contribution in [1.29, 1.82) is 0 Å². The summed E-state index contributed by atoms with van der Waals surface area (Å²) in [7, 11) is 0. The minimum Gasteiger partial charge on any atom is -0.490 e. The number of halogens is 3. The molecule has 0 saturated carbocycles. The van der Waals surface area contributed by atoms with Gasteiger partial charge in [0.25, 0.3) is 0 Å². The van der Waals surface area contributed by atoms with Gasteiger partial charge in [0.05, 0.1) is 18.3 Å². The highest BCUT2D eigenvalue weighted by atomic mass is 35.5. The Labute approximate surface area is 213 Å². The van der Waals surface area contributed by atoms with E-state index in [0.717, 1.165) is 11.3 Å². The van der Waals surface area contributed by atoms with E-state index in [1.165, 1.54) is 12.1 Å². The van der Waals surface area contributed by atoms with Gasteiger partial charge in [-0.1, -0.05) is 0 Å². The molecule has 36 heavy (non-hydrogen) atoms. The molecule has 11 heteroatoms. The van der Waals surface area contributed by atoms with E-state index >= 15 is 0 Å². The Morgan fingerprint density at radius 3 is 2.78 bits per heavy atom. The maximum atomic E-state index is 14.5. The number of alkyl halides is 1. The predicted octanol–water partition coefficient (Wildman–Crippen LogP) is 4.24. The van der Waals surface area contributed by atoms with Crippen molar-refractivity contribution in [1.82, 2.24) is 25.3 Å². The van der Waals surface area contributed by atoms with Gasteiger partial charge in [-0.2, -0.15) is 4.39 Å². The lowest BCUT2D eigenvalue weighted by Crippen LogP contribution is -2.35. The first-order valence-corrected chi connectivity index (χ1v) is 12.4. The van der Waals surface area contributed by atoms with Crippen LogP contribution in [0.1, 0.15) is 43.5 Å². The molecule has 4 rings (SSSR count). The monoisotopic (exact) mass is 516 g/mol. The van der Waals surface area contributed by atoms with Crippen LogP contribution in [-0.2, 0) is 11.2 Å². The van der Waals surface area contributed by atoms with Gasteiger partial charge in [-0.3, -0.25) is 4.79 Å². The highest BCUT2D eigenvalue weighted by Crippen LogP contribution is 2.36. The van der Waals surface area contributed by atoms with Crippen LogP contribution in [0.5, 0.6) is 5.75 Å². The Morgan fingerprint density at radius 2 is 2.00 bits per heavy atom. The predicted molar refractivity (Wildman–Crippen MR) is 132 cm³/mol. The summed E-state index contributed by atoms with van der Waals surface area (Å²) in [5.74, 6) is -0.948. The summed E-state index contributed by atoms with van der Waals surface area (Å²) in [6, 6.07) is 4.24. The van der Waals surface area contributed by atoms with E-state index in [0.29, 0.717) is 62.0 Å². The molecule has 1 aliphatic rings. The molecule has 0 radical (unpaired) electrons. The van der Waals surface area contributed by atoms with E-state index in [1.807, 2.05) is 11.8 Å². The number of ether oxygens (including phenoxy) is 1. The fourth-order valence-corrected chi connectivity index (χ4v) is 4.19. The molecule has 190 valence electrons. The van der Waals surface area contributed by atoms with E-state index in [1.54, 1.807) is 24.7 Å². The maximum absolute atomic E-state index is 14.5. The topological polar surface area (TPSA) is 93.1 Å². The van der Waals surface area contributed by atoms with Gasteiger partial charge in [-0.25, -0.2) is 24.3 Å². The molecule has 2 aromatic heterocycles. The van der Waals surface area contributed by atoms with Gasteiger partial charge in [0.15, 0.2) is 23.2 Å². The lowest BCUT2D eigenvalue weighted by Gasteiger charge is -2.36. The zero-order valence-corrected chi connectivity index (χ0v) is 20.6. The van der Waals surface area contributed by atoms with Crippen molar-refractivity contribution >= 4 is 23.2 Å². The number of benzene rings is 1. The molecule has 3 aromatic rings. The summed E-state index contributed by atoms with van der Waals surface area (Å²) in [6.45, 7) is 3.03. The van der Waals surface area contributed by atoms with Gasteiger partial charge < -0.3 is 15.0 Å². The highest BCUT2D eigenvalue weighted by Gasteiger charge is 2.28. The molecule has 1 amide bonds. The number of amides is 1. The van der Waals surface area contributed by atoms with Gasteiger partial charge in [-0.05, 0) is 25.8 Å². The number of anilines is 1. The Morgan fingerprint density at radius 1 is 1.19 bits per heavy atom. The summed E-state index contributed by atoms with van der Waals surface area (Å²) >= 11 is 5.58. The van der Waals surface area contributed by atoms with Gasteiger partial charge in [0, 0.05) is 73.8 Å². The summed E-state index contributed by atoms with van der Waals surface area (Å²) in [5.41, 5.74) is 2.29. The molecule has 3 heterocycles. The van der Waals surface area contributed by atoms with Crippen molar-refractivity contribution in [3.8, 4) is 17.4 Å². The standard InChI is InChI=1S/C25H27ClF2N6O2/c1-16-18-15-32-25(24-30-8-3-9-31-24)33-20(18)6-11-34(16)17-13-19(27)23(28)21(14-17)36-12-4-10-29-22(35)5-2-7-26/h3,8-9,13-16H,2,4-7,10-12H2,1H3,(H,29,35). The quantitative estimate of drug-likeness (QED) is 0.318. The molecule has 1 unspecified atom stereocenters. The molecule has 1 N–H and O–H groups in total. The fourth-order valence-electron chi connectivity index (χ4n) is 4.06. The van der Waals surface area contributed by atoms with E-state index in [4.69, 9.17) is 16.3 Å². The molecule has 0 bridgehead atoms. The molecule has 0 fully saturated rings. The number of nitrogens with zero attached hydrogens (tertiary/aromatic N) is 5. The van der Waals surface area contributed by atoms with E-state index in [2.05, 4.69) is 25.3 Å². The third-order valence-corrected chi connectivity index (χ3v) is 6.19. The number of hydrogen-bond donors (Lipinski definition) is 1. The van der Waals surface area contributed by atoms with Crippen molar-refractivity contribution in [2.45, 2.75) is 38.6 Å². The average molecular weight is 517 g/mol. The Hall–Kier alpha value is -3.40. The normalized spacial score (nSPS) is 14.9. The van der Waals surface area contributed by atoms with Crippen LogP contribution in [-0.4, -0.2) is 51.4 Å². The molecule has 1 aliphatic heterocycles. The second kappa shape index (κ2) is 12.0. The number of hydrogen-bond acceptors (Lipinski definition) is 7. The van der Waals surface area contributed by atoms with Crippen molar-refractivity contribution in [3.05, 3.63) is 59.7 Å². The van der Waals surface area contributed by atoms with Crippen LogP contribution in [0, 0.1) is 11.6 Å². The fraction of sp³-hybridized carbons (Fsp3) is 0.400. The van der Waals surface area contributed by atoms with Crippen molar-refractivity contribution in [2.24, 2.45) is 0 Å². The van der Waals surface area contributed by atoms with Crippen molar-refractivity contribution in [3.63, 3.8) is 0 Å². The van der Waals surface area contributed by atoms with Crippen LogP contribution in [0.3, 0.4) is 0 Å². The Balaban J connectivity index is 1.42. The second-order valence-electron chi connectivity index (χ2n) is 8.37. The smallest absolute Gasteiger partial charge is 0.220 e. The van der Waals surface area contributed by atoms with Crippen LogP contribution in [0.15, 0.2) is 36.8 Å². The molecule has 1 atom stereocenters. The third-order valence-electron chi connectivity index (χ3n) is 5.92. The summed E-state index contributed by atoms with van der Waals surface area (Å²) < 4.78 is 34.4. The maximum Gasteiger partial charge on any atom is 0.220 e. The first-order valence-electron chi connectivity index (χ1n) is 11.8. The van der Waals surface area contributed by atoms with Crippen molar-refractivity contribution in [2.75, 3.05) is 30.5 Å². The Kier molecular flexibility index (Phi) is 8.58. The largest absolute Gasteiger partial charge is 0.490 e. The second-order valence-corrected chi connectivity index (χ2v) is 8.75. The van der Waals surface area contributed by atoms with Crippen LogP contribution in [0.2, 0.25) is 0 Å². The van der Waals surface area contributed by atoms with Crippen molar-refractivity contribution < 1.29 is 18.3 Å². The molecule has 1 aromatic carbocycles. The zero-order valence-electron chi connectivity index (χ0n) is 19.9. The van der Waals surface area contributed by atoms with Gasteiger partial charge >= 0.3 is 0 Å². The Bertz CT molecular complexity index is 1200. The number of carbonyl (C=O) groups is 1. The minimum atomic E-state index is -1.04. The van der Waals surface area contributed by atoms with E-state index in [-0.39, 0.29) is 24.3 Å². The lowest BCUT2D eigenvalue weighted by molar-refractivity contribution is -0.121. The summed E-state index contributed by atoms with van der Waals surface area (Å²) in [4.78, 5) is 31.1. The third kappa shape index (κ3) is 6.04. The first kappa shape index (κ1) is 25.7. The average Bonchev–Trinajstić information content (AvgIpc) is 2.90. The summed E-state index contributed by atoms with van der Waals surface area (Å²) in [5, 5.41) is 2.75. The SMILES string of the molecule is CC1c2cnc(-c3ncccn3)nc2CCN1c1cc(F)c(F)c(OCCCNC(=O)CCCCl)c1. The molecular formula is C25H27ClF2N6O2. The van der Waals surface area contributed by atoms with Gasteiger partial charge in [-0.15, -0.1) is 11.6 Å². The summed E-state index contributed by atoms with van der Waals surface area (Å²) in [6.07, 6.45) is 7.03. The molecule has 0 spiro atoms. The van der Waals surface area contributed by atoms with Crippen LogP contribution < -0.4 is 15.0 Å². The molecule has 8 nitrogen and oxygen atoms in total.